The summed E-state index contributed by atoms with van der Waals surface area (Å²) in [4.78, 5) is 5.13. The molecule has 0 unspecified atom stereocenters. The van der Waals surface area contributed by atoms with Crippen LogP contribution in [-0.2, 0) is 36.5 Å². The van der Waals surface area contributed by atoms with Gasteiger partial charge < -0.3 is 19.3 Å². The van der Waals surface area contributed by atoms with Crippen molar-refractivity contribution >= 4 is 34.6 Å². The second-order valence-electron chi connectivity index (χ2n) is 12.0. The minimum absolute atomic E-state index is 0.899. The van der Waals surface area contributed by atoms with E-state index in [2.05, 4.69) is 43.5 Å². The van der Waals surface area contributed by atoms with E-state index < -0.39 is 16.8 Å². The third-order valence-electron chi connectivity index (χ3n) is 9.85. The summed E-state index contributed by atoms with van der Waals surface area (Å²) in [6.45, 7) is 4.50. The molecule has 0 N–H and O–H groups in total. The molecule has 10 rings (SSSR count). The zero-order valence-corrected chi connectivity index (χ0v) is 22.7. The summed E-state index contributed by atoms with van der Waals surface area (Å²) in [7, 11) is -1.16. The first kappa shape index (κ1) is 21.4. The van der Waals surface area contributed by atoms with Gasteiger partial charge in [0.25, 0.3) is 0 Å². The van der Waals surface area contributed by atoms with Crippen LogP contribution < -0.4 is 19.3 Å². The van der Waals surface area contributed by atoms with Crippen molar-refractivity contribution in [1.29, 1.82) is 0 Å². The Morgan fingerprint density at radius 3 is 1.64 bits per heavy atom. The van der Waals surface area contributed by atoms with Gasteiger partial charge in [0.2, 0.25) is 0 Å². The van der Waals surface area contributed by atoms with Gasteiger partial charge in [0.05, 0.1) is 32.7 Å². The van der Waals surface area contributed by atoms with Crippen molar-refractivity contribution in [3.63, 3.8) is 0 Å². The third-order valence-corrected chi connectivity index (χ3v) is 10.8. The van der Waals surface area contributed by atoms with Gasteiger partial charge in [0.15, 0.2) is 23.9 Å². The summed E-state index contributed by atoms with van der Waals surface area (Å²) in [5, 5.41) is 3.67. The lowest BCUT2D eigenvalue weighted by Crippen LogP contribution is -2.59. The van der Waals surface area contributed by atoms with Crippen LogP contribution in [0.3, 0.4) is 0 Å². The standard InChI is InChI=1S/C31H30N4O3S/c36-39-17-25-26(18-39)35-16-22-14-20-6-2-10-33-12-4-8-24(28(20)33)30(22)38-31(35)34(25)15-21-13-19-5-1-9-32-11-3-7-23(27(19)32)29(21)37-31/h13-18H,1-12H2/q+2. The van der Waals surface area contributed by atoms with Crippen LogP contribution in [0.4, 0.5) is 11.4 Å². The van der Waals surface area contributed by atoms with Crippen molar-refractivity contribution in [2.75, 3.05) is 36.0 Å². The number of aryl methyl sites for hydroxylation is 2. The number of nitrogens with zero attached hydrogens (tertiary/aromatic N) is 4. The number of rotatable bonds is 0. The topological polar surface area (TPSA) is 48.0 Å². The zero-order chi connectivity index (χ0) is 25.5. The van der Waals surface area contributed by atoms with Crippen LogP contribution in [0.25, 0.3) is 0 Å². The minimum Gasteiger partial charge on any atom is -0.371 e. The quantitative estimate of drug-likeness (QED) is 0.481. The zero-order valence-electron chi connectivity index (χ0n) is 21.9. The summed E-state index contributed by atoms with van der Waals surface area (Å²) < 4.78 is 31.3. The summed E-state index contributed by atoms with van der Waals surface area (Å²) in [5.41, 5.74) is 12.3. The van der Waals surface area contributed by atoms with Crippen molar-refractivity contribution in [2.45, 2.75) is 57.4 Å². The predicted molar refractivity (Wildman–Crippen MR) is 150 cm³/mol. The SMILES string of the molecule is O=S1C=C2C(=C1)[N+]1=Cc3cc4c5c(c3OC13Oc1c(cc6c7c1CCCN7CCC6)C=[N+]23)CCCN5CCC4. The Balaban J connectivity index is 1.23. The summed E-state index contributed by atoms with van der Waals surface area (Å²) >= 11 is 0. The molecule has 0 saturated carbocycles. The summed E-state index contributed by atoms with van der Waals surface area (Å²) in [5.74, 6) is 1.91. The summed E-state index contributed by atoms with van der Waals surface area (Å²) in [6.07, 6.45) is 13.3. The number of benzene rings is 2. The minimum atomic E-state index is -1.19. The second-order valence-corrected chi connectivity index (χ2v) is 13.2. The maximum atomic E-state index is 12.8. The van der Waals surface area contributed by atoms with Crippen LogP contribution in [0.2, 0.25) is 0 Å². The second kappa shape index (κ2) is 7.22. The Morgan fingerprint density at radius 2 is 1.15 bits per heavy atom. The molecule has 8 aliphatic rings. The molecule has 0 atom stereocenters. The van der Waals surface area contributed by atoms with Crippen molar-refractivity contribution in [3.05, 3.63) is 67.7 Å². The van der Waals surface area contributed by atoms with E-state index in [0.717, 1.165) is 98.7 Å². The molecule has 0 bridgehead atoms. The lowest BCUT2D eigenvalue weighted by molar-refractivity contribution is -0.838. The van der Waals surface area contributed by atoms with Gasteiger partial charge in [-0.05, 0) is 83.8 Å². The van der Waals surface area contributed by atoms with Crippen molar-refractivity contribution in [2.24, 2.45) is 0 Å². The van der Waals surface area contributed by atoms with Gasteiger partial charge in [0.1, 0.15) is 0 Å². The fourth-order valence-corrected chi connectivity index (χ4v) is 9.34. The molecule has 0 aliphatic carbocycles. The van der Waals surface area contributed by atoms with E-state index in [1.54, 1.807) is 0 Å². The molecule has 1 saturated heterocycles. The lowest BCUT2D eigenvalue weighted by atomic mass is 9.88. The van der Waals surface area contributed by atoms with E-state index in [1.165, 1.54) is 46.5 Å². The number of anilines is 2. The molecule has 7 nitrogen and oxygen atoms in total. The fraction of sp³-hybridized carbons (Fsp3) is 0.419. The molecule has 39 heavy (non-hydrogen) atoms. The van der Waals surface area contributed by atoms with E-state index in [9.17, 15) is 4.21 Å². The van der Waals surface area contributed by atoms with Gasteiger partial charge in [0, 0.05) is 48.7 Å². The molecule has 0 amide bonds. The first-order valence-electron chi connectivity index (χ1n) is 14.6. The van der Waals surface area contributed by atoms with Gasteiger partial charge in [-0.25, -0.2) is 4.21 Å². The van der Waals surface area contributed by atoms with Crippen LogP contribution in [0.1, 0.15) is 59.1 Å². The Kier molecular flexibility index (Phi) is 3.97. The highest BCUT2D eigenvalue weighted by atomic mass is 32.2. The van der Waals surface area contributed by atoms with Crippen LogP contribution in [0.5, 0.6) is 11.5 Å². The highest BCUT2D eigenvalue weighted by Crippen LogP contribution is 2.52. The number of hydrogen-bond acceptors (Lipinski definition) is 5. The highest BCUT2D eigenvalue weighted by molar-refractivity contribution is 7.91. The molecule has 8 aliphatic heterocycles. The first-order chi connectivity index (χ1) is 19.2. The molecule has 8 heteroatoms. The molecule has 1 spiro atoms. The smallest absolute Gasteiger partial charge is 0.371 e. The molecular formula is C31H30N4O3S+2. The van der Waals surface area contributed by atoms with E-state index >= 15 is 0 Å². The van der Waals surface area contributed by atoms with Crippen molar-refractivity contribution in [3.8, 4) is 11.5 Å². The maximum absolute atomic E-state index is 12.8. The molecule has 0 radical (unpaired) electrons. The van der Waals surface area contributed by atoms with Gasteiger partial charge in [-0.15, -0.1) is 0 Å². The van der Waals surface area contributed by atoms with E-state index in [4.69, 9.17) is 9.47 Å². The predicted octanol–water partition coefficient (Wildman–Crippen LogP) is 3.50. The average Bonchev–Trinajstić information content (AvgIpc) is 3.45. The first-order valence-corrected chi connectivity index (χ1v) is 15.8. The highest BCUT2D eigenvalue weighted by Gasteiger charge is 2.75. The van der Waals surface area contributed by atoms with Crippen LogP contribution in [0.15, 0.2) is 34.3 Å². The van der Waals surface area contributed by atoms with Gasteiger partial charge in [-0.3, -0.25) is 0 Å². The lowest BCUT2D eigenvalue weighted by Gasteiger charge is -2.40. The molecule has 0 aromatic heterocycles. The molecule has 2 aromatic carbocycles. The van der Waals surface area contributed by atoms with Crippen LogP contribution in [-0.4, -0.2) is 58.0 Å². The van der Waals surface area contributed by atoms with Crippen LogP contribution >= 0.6 is 0 Å². The maximum Gasteiger partial charge on any atom is 0.715 e. The van der Waals surface area contributed by atoms with Gasteiger partial charge in [-0.2, -0.15) is 0 Å². The van der Waals surface area contributed by atoms with Crippen LogP contribution in [0, 0.1) is 0 Å². The summed E-state index contributed by atoms with van der Waals surface area (Å²) in [6, 6.07) is 3.47. The normalized spacial score (nSPS) is 24.3. The average molecular weight is 539 g/mol. The molecular weight excluding hydrogens is 508 g/mol. The molecule has 196 valence electrons. The van der Waals surface area contributed by atoms with E-state index in [0.29, 0.717) is 0 Å². The third kappa shape index (κ3) is 2.62. The number of hydrogen-bond donors (Lipinski definition) is 0. The Morgan fingerprint density at radius 1 is 0.692 bits per heavy atom. The van der Waals surface area contributed by atoms with E-state index in [-0.39, 0.29) is 0 Å². The number of fused-ring (bicyclic) bond motifs is 7. The molecule has 1 fully saturated rings. The van der Waals surface area contributed by atoms with Gasteiger partial charge in [-0.1, -0.05) is 0 Å². The Bertz CT molecular complexity index is 1590. The van der Waals surface area contributed by atoms with Gasteiger partial charge >= 0.3 is 17.4 Å². The fourth-order valence-electron chi connectivity index (χ4n) is 8.36. The molecule has 2 aromatic rings. The van der Waals surface area contributed by atoms with Crippen molar-refractivity contribution in [1.82, 2.24) is 0 Å². The Labute approximate surface area is 229 Å². The molecule has 8 heterocycles. The largest absolute Gasteiger partial charge is 0.715 e. The Hall–Kier alpha value is -3.39. The number of ether oxygens (including phenoxy) is 2. The van der Waals surface area contributed by atoms with E-state index in [1.807, 2.05) is 10.8 Å². The monoisotopic (exact) mass is 538 g/mol. The van der Waals surface area contributed by atoms with Crippen molar-refractivity contribution < 1.29 is 22.8 Å².